The second-order valence-electron chi connectivity index (χ2n) is 4.03. The second kappa shape index (κ2) is 5.55. The van der Waals surface area contributed by atoms with Gasteiger partial charge in [0, 0.05) is 24.7 Å². The van der Waals surface area contributed by atoms with Crippen molar-refractivity contribution in [3.05, 3.63) is 47.9 Å². The third kappa shape index (κ3) is 2.88. The number of rotatable bonds is 4. The lowest BCUT2D eigenvalue weighted by Crippen LogP contribution is -2.12. The molecule has 0 spiro atoms. The van der Waals surface area contributed by atoms with Crippen molar-refractivity contribution < 1.29 is 0 Å². The van der Waals surface area contributed by atoms with E-state index in [1.807, 2.05) is 31.4 Å². The smallest absolute Gasteiger partial charge is 0.130 e. The summed E-state index contributed by atoms with van der Waals surface area (Å²) in [6, 6.07) is 10.2. The minimum absolute atomic E-state index is 0.857. The molecule has 0 atom stereocenters. The fourth-order valence-corrected chi connectivity index (χ4v) is 1.77. The van der Waals surface area contributed by atoms with Gasteiger partial charge in [0.15, 0.2) is 0 Å². The molecule has 3 heteroatoms. The minimum Gasteiger partial charge on any atom is -0.319 e. The predicted molar refractivity (Wildman–Crippen MR) is 69.8 cm³/mol. The summed E-state index contributed by atoms with van der Waals surface area (Å²) in [7, 11) is 1.94. The Hall–Kier alpha value is -1.74. The van der Waals surface area contributed by atoms with Gasteiger partial charge in [-0.3, -0.25) is 0 Å². The quantitative estimate of drug-likeness (QED) is 0.870. The molecule has 0 radical (unpaired) electrons. The molecule has 0 saturated heterocycles. The number of benzene rings is 1. The van der Waals surface area contributed by atoms with Crippen molar-refractivity contribution in [2.75, 3.05) is 13.6 Å². The molecule has 1 N–H and O–H groups in total. The van der Waals surface area contributed by atoms with Gasteiger partial charge in [-0.05, 0) is 25.6 Å². The Balaban J connectivity index is 2.30. The van der Waals surface area contributed by atoms with Gasteiger partial charge in [0.2, 0.25) is 0 Å². The van der Waals surface area contributed by atoms with E-state index < -0.39 is 0 Å². The highest BCUT2D eigenvalue weighted by molar-refractivity contribution is 5.62. The van der Waals surface area contributed by atoms with Gasteiger partial charge < -0.3 is 5.32 Å². The fraction of sp³-hybridized carbons (Fsp3) is 0.286. The normalized spacial score (nSPS) is 10.5. The van der Waals surface area contributed by atoms with E-state index in [0.29, 0.717) is 0 Å². The van der Waals surface area contributed by atoms with Gasteiger partial charge in [0.05, 0.1) is 5.69 Å². The molecule has 2 aromatic rings. The van der Waals surface area contributed by atoms with Crippen molar-refractivity contribution in [3.8, 4) is 11.3 Å². The largest absolute Gasteiger partial charge is 0.319 e. The standard InChI is InChI=1S/C14H17N3/c1-11-5-3-4-6-12(11)13-7-10-16-14(17-13)8-9-15-2/h3-7,10,15H,8-9H2,1-2H3. The van der Waals surface area contributed by atoms with Crippen LogP contribution in [-0.4, -0.2) is 23.6 Å². The van der Waals surface area contributed by atoms with E-state index >= 15 is 0 Å². The monoisotopic (exact) mass is 227 g/mol. The molecule has 0 fully saturated rings. The summed E-state index contributed by atoms with van der Waals surface area (Å²) in [6.07, 6.45) is 2.69. The Labute approximate surface area is 102 Å². The highest BCUT2D eigenvalue weighted by Gasteiger charge is 2.04. The zero-order valence-electron chi connectivity index (χ0n) is 10.3. The maximum Gasteiger partial charge on any atom is 0.130 e. The van der Waals surface area contributed by atoms with E-state index in [1.165, 1.54) is 11.1 Å². The number of aromatic nitrogens is 2. The molecule has 0 unspecified atom stereocenters. The van der Waals surface area contributed by atoms with E-state index in [-0.39, 0.29) is 0 Å². The molecule has 0 saturated carbocycles. The van der Waals surface area contributed by atoms with Crippen molar-refractivity contribution in [1.29, 1.82) is 0 Å². The van der Waals surface area contributed by atoms with Gasteiger partial charge in [-0.15, -0.1) is 0 Å². The van der Waals surface area contributed by atoms with Gasteiger partial charge in [-0.2, -0.15) is 0 Å². The number of hydrogen-bond donors (Lipinski definition) is 1. The van der Waals surface area contributed by atoms with E-state index in [2.05, 4.69) is 34.3 Å². The number of nitrogens with one attached hydrogen (secondary N) is 1. The van der Waals surface area contributed by atoms with Crippen LogP contribution < -0.4 is 5.32 Å². The highest BCUT2D eigenvalue weighted by atomic mass is 14.9. The maximum atomic E-state index is 4.59. The zero-order valence-corrected chi connectivity index (χ0v) is 10.3. The Morgan fingerprint density at radius 1 is 1.18 bits per heavy atom. The molecule has 0 aliphatic carbocycles. The molecule has 2 rings (SSSR count). The zero-order chi connectivity index (χ0) is 12.1. The Morgan fingerprint density at radius 2 is 2.00 bits per heavy atom. The number of nitrogens with zero attached hydrogens (tertiary/aromatic N) is 2. The Bertz CT molecular complexity index is 494. The van der Waals surface area contributed by atoms with Crippen molar-refractivity contribution in [2.24, 2.45) is 0 Å². The van der Waals surface area contributed by atoms with Crippen molar-refractivity contribution in [3.63, 3.8) is 0 Å². The first-order valence-electron chi connectivity index (χ1n) is 5.84. The summed E-state index contributed by atoms with van der Waals surface area (Å²) in [4.78, 5) is 8.87. The van der Waals surface area contributed by atoms with Crippen LogP contribution in [0.1, 0.15) is 11.4 Å². The summed E-state index contributed by atoms with van der Waals surface area (Å²) < 4.78 is 0. The van der Waals surface area contributed by atoms with Gasteiger partial charge in [-0.1, -0.05) is 24.3 Å². The van der Waals surface area contributed by atoms with Crippen LogP contribution in [0.15, 0.2) is 36.5 Å². The molecule has 0 bridgehead atoms. The molecule has 1 heterocycles. The first kappa shape index (κ1) is 11.7. The first-order valence-corrected chi connectivity index (χ1v) is 5.84. The summed E-state index contributed by atoms with van der Waals surface area (Å²) in [5.74, 6) is 0.889. The van der Waals surface area contributed by atoms with Gasteiger partial charge in [0.1, 0.15) is 5.82 Å². The second-order valence-corrected chi connectivity index (χ2v) is 4.03. The molecule has 0 aliphatic heterocycles. The average Bonchev–Trinajstić information content (AvgIpc) is 2.37. The third-order valence-electron chi connectivity index (χ3n) is 2.73. The Kier molecular flexibility index (Phi) is 3.83. The highest BCUT2D eigenvalue weighted by Crippen LogP contribution is 2.20. The van der Waals surface area contributed by atoms with Crippen LogP contribution in [0.5, 0.6) is 0 Å². The minimum atomic E-state index is 0.857. The van der Waals surface area contributed by atoms with Gasteiger partial charge in [-0.25, -0.2) is 9.97 Å². The summed E-state index contributed by atoms with van der Waals surface area (Å²) in [5.41, 5.74) is 3.43. The van der Waals surface area contributed by atoms with Crippen LogP contribution in [0.25, 0.3) is 11.3 Å². The van der Waals surface area contributed by atoms with Crippen molar-refractivity contribution in [2.45, 2.75) is 13.3 Å². The van der Waals surface area contributed by atoms with Crippen molar-refractivity contribution in [1.82, 2.24) is 15.3 Å². The molecule has 1 aromatic heterocycles. The van der Waals surface area contributed by atoms with Crippen LogP contribution in [0.4, 0.5) is 0 Å². The molecule has 1 aromatic carbocycles. The van der Waals surface area contributed by atoms with Crippen LogP contribution in [0, 0.1) is 6.92 Å². The average molecular weight is 227 g/mol. The fourth-order valence-electron chi connectivity index (χ4n) is 1.77. The Morgan fingerprint density at radius 3 is 2.76 bits per heavy atom. The molecule has 17 heavy (non-hydrogen) atoms. The van der Waals surface area contributed by atoms with E-state index in [0.717, 1.165) is 24.5 Å². The summed E-state index contributed by atoms with van der Waals surface area (Å²) in [5, 5.41) is 3.11. The lowest BCUT2D eigenvalue weighted by atomic mass is 10.1. The van der Waals surface area contributed by atoms with Gasteiger partial charge in [0.25, 0.3) is 0 Å². The van der Waals surface area contributed by atoms with E-state index in [1.54, 1.807) is 0 Å². The molecule has 3 nitrogen and oxygen atoms in total. The predicted octanol–water partition coefficient (Wildman–Crippen LogP) is 2.21. The number of hydrogen-bond acceptors (Lipinski definition) is 3. The molecule has 0 amide bonds. The molecule has 0 aliphatic rings. The van der Waals surface area contributed by atoms with Gasteiger partial charge >= 0.3 is 0 Å². The van der Waals surface area contributed by atoms with Crippen molar-refractivity contribution >= 4 is 0 Å². The summed E-state index contributed by atoms with van der Waals surface area (Å²) in [6.45, 7) is 3.00. The molecular formula is C14H17N3. The topological polar surface area (TPSA) is 37.8 Å². The molecular weight excluding hydrogens is 210 g/mol. The number of likely N-dealkylation sites (N-methyl/N-ethyl adjacent to an activating group) is 1. The lowest BCUT2D eigenvalue weighted by molar-refractivity contribution is 0.756. The number of aryl methyl sites for hydroxylation is 1. The summed E-state index contributed by atoms with van der Waals surface area (Å²) >= 11 is 0. The maximum absolute atomic E-state index is 4.59. The van der Waals surface area contributed by atoms with E-state index in [9.17, 15) is 0 Å². The third-order valence-corrected chi connectivity index (χ3v) is 2.73. The van der Waals surface area contributed by atoms with E-state index in [4.69, 9.17) is 0 Å². The first-order chi connectivity index (χ1) is 8.31. The van der Waals surface area contributed by atoms with Crippen LogP contribution in [-0.2, 0) is 6.42 Å². The van der Waals surface area contributed by atoms with Crippen LogP contribution >= 0.6 is 0 Å². The van der Waals surface area contributed by atoms with Crippen LogP contribution in [0.2, 0.25) is 0 Å². The lowest BCUT2D eigenvalue weighted by Gasteiger charge is -2.06. The SMILES string of the molecule is CNCCc1nccc(-c2ccccc2C)n1. The van der Waals surface area contributed by atoms with Crippen LogP contribution in [0.3, 0.4) is 0 Å². The molecule has 88 valence electrons.